The maximum Gasteiger partial charge on any atom is 0.328 e. The van der Waals surface area contributed by atoms with E-state index < -0.39 is 17.1 Å². The van der Waals surface area contributed by atoms with Gasteiger partial charge >= 0.3 is 5.97 Å². The zero-order valence-corrected chi connectivity index (χ0v) is 11.1. The lowest BCUT2D eigenvalue weighted by Gasteiger charge is -2.31. The lowest BCUT2D eigenvalue weighted by molar-refractivity contribution is -0.143. The number of carbonyl (C=O) groups is 1. The Morgan fingerprint density at radius 3 is 2.76 bits per heavy atom. The van der Waals surface area contributed by atoms with Crippen LogP contribution in [0.2, 0.25) is 0 Å². The molecule has 0 spiro atoms. The van der Waals surface area contributed by atoms with E-state index in [1.165, 1.54) is 7.11 Å². The maximum absolute atomic E-state index is 11.5. The van der Waals surface area contributed by atoms with Crippen molar-refractivity contribution in [3.05, 3.63) is 12.2 Å². The number of carboxylic acids is 1. The number of hydrogen-bond donors (Lipinski definition) is 2. The van der Waals surface area contributed by atoms with Crippen molar-refractivity contribution in [2.45, 2.75) is 37.3 Å². The molecule has 0 amide bonds. The van der Waals surface area contributed by atoms with Crippen LogP contribution in [0.3, 0.4) is 0 Å². The Balaban J connectivity index is 2.86. The number of hydrogen-bond acceptors (Lipinski definition) is 3. The van der Waals surface area contributed by atoms with Gasteiger partial charge in [0.25, 0.3) is 0 Å². The Morgan fingerprint density at radius 1 is 1.76 bits per heavy atom. The van der Waals surface area contributed by atoms with Crippen molar-refractivity contribution in [3.63, 3.8) is 0 Å². The molecule has 0 aliphatic carbocycles. The zero-order chi connectivity index (χ0) is 13.1. The first kappa shape index (κ1) is 14.5. The summed E-state index contributed by atoms with van der Waals surface area (Å²) in [5.41, 5.74) is -0.776. The van der Waals surface area contributed by atoms with Gasteiger partial charge in [-0.05, 0) is 24.8 Å². The van der Waals surface area contributed by atoms with Crippen LogP contribution in [0, 0.1) is 5.92 Å². The van der Waals surface area contributed by atoms with Gasteiger partial charge in [0.15, 0.2) is 0 Å². The molecule has 3 atom stereocenters. The van der Waals surface area contributed by atoms with Crippen molar-refractivity contribution >= 4 is 17.6 Å². The second kappa shape index (κ2) is 5.85. The topological polar surface area (TPSA) is 58.6 Å². The van der Waals surface area contributed by atoms with Crippen molar-refractivity contribution in [1.82, 2.24) is 5.32 Å². The summed E-state index contributed by atoms with van der Waals surface area (Å²) in [7, 11) is 1.53. The van der Waals surface area contributed by atoms with E-state index >= 15 is 0 Å². The SMILES string of the molecule is C=C1CCNC1(C[C@H](CC)C(Cl)OC)C(=O)O. The summed E-state index contributed by atoms with van der Waals surface area (Å²) in [6.07, 6.45) is 1.88. The average Bonchev–Trinajstić information content (AvgIpc) is 2.67. The normalized spacial score (nSPS) is 28.1. The fourth-order valence-corrected chi connectivity index (χ4v) is 2.57. The van der Waals surface area contributed by atoms with Gasteiger partial charge in [-0.2, -0.15) is 0 Å². The number of aliphatic carboxylic acids is 1. The van der Waals surface area contributed by atoms with E-state index in [9.17, 15) is 9.90 Å². The van der Waals surface area contributed by atoms with Gasteiger partial charge < -0.3 is 9.84 Å². The average molecular weight is 262 g/mol. The number of carboxylic acid groups (broad SMARTS) is 1. The molecule has 1 aliphatic heterocycles. The Hall–Kier alpha value is -0.580. The largest absolute Gasteiger partial charge is 0.480 e. The van der Waals surface area contributed by atoms with Crippen molar-refractivity contribution < 1.29 is 14.6 Å². The van der Waals surface area contributed by atoms with E-state index in [1.807, 2.05) is 6.92 Å². The maximum atomic E-state index is 11.5. The molecule has 1 rings (SSSR count). The van der Waals surface area contributed by atoms with E-state index in [2.05, 4.69) is 11.9 Å². The molecule has 4 nitrogen and oxygen atoms in total. The Labute approximate surface area is 107 Å². The molecule has 0 aromatic heterocycles. The van der Waals surface area contributed by atoms with Crippen LogP contribution in [0.4, 0.5) is 0 Å². The van der Waals surface area contributed by atoms with Gasteiger partial charge in [-0.25, -0.2) is 4.79 Å². The minimum absolute atomic E-state index is 0.0138. The molecule has 0 radical (unpaired) electrons. The second-order valence-electron chi connectivity index (χ2n) is 4.45. The van der Waals surface area contributed by atoms with Crippen LogP contribution in [0.25, 0.3) is 0 Å². The molecule has 0 aromatic carbocycles. The molecule has 0 bridgehead atoms. The molecule has 1 aliphatic rings. The number of halogens is 1. The highest BCUT2D eigenvalue weighted by Crippen LogP contribution is 2.34. The smallest absolute Gasteiger partial charge is 0.328 e. The van der Waals surface area contributed by atoms with Gasteiger partial charge in [0.2, 0.25) is 0 Å². The predicted molar refractivity (Wildman–Crippen MR) is 67.2 cm³/mol. The number of alkyl halides is 1. The number of rotatable bonds is 6. The van der Waals surface area contributed by atoms with Gasteiger partial charge in [-0.15, -0.1) is 0 Å². The highest BCUT2D eigenvalue weighted by molar-refractivity contribution is 6.19. The first-order valence-electron chi connectivity index (χ1n) is 5.81. The lowest BCUT2D eigenvalue weighted by atomic mass is 9.82. The van der Waals surface area contributed by atoms with Gasteiger partial charge in [0.1, 0.15) is 11.1 Å². The molecule has 2 unspecified atom stereocenters. The minimum Gasteiger partial charge on any atom is -0.480 e. The van der Waals surface area contributed by atoms with Gasteiger partial charge in [0.05, 0.1) is 0 Å². The Bertz CT molecular complexity index is 308. The second-order valence-corrected chi connectivity index (χ2v) is 4.88. The van der Waals surface area contributed by atoms with Crippen LogP contribution in [-0.4, -0.2) is 35.8 Å². The fraction of sp³-hybridized carbons (Fsp3) is 0.750. The monoisotopic (exact) mass is 261 g/mol. The summed E-state index contributed by atoms with van der Waals surface area (Å²) in [4.78, 5) is 11.5. The zero-order valence-electron chi connectivity index (χ0n) is 10.3. The third kappa shape index (κ3) is 2.81. The number of nitrogens with one attached hydrogen (secondary N) is 1. The van der Waals surface area contributed by atoms with Crippen molar-refractivity contribution in [2.75, 3.05) is 13.7 Å². The molecule has 2 N–H and O–H groups in total. The lowest BCUT2D eigenvalue weighted by Crippen LogP contribution is -2.50. The van der Waals surface area contributed by atoms with Gasteiger partial charge in [-0.3, -0.25) is 5.32 Å². The highest BCUT2D eigenvalue weighted by atomic mass is 35.5. The molecule has 1 saturated heterocycles. The minimum atomic E-state index is -1.04. The van der Waals surface area contributed by atoms with Crippen LogP contribution < -0.4 is 5.32 Å². The van der Waals surface area contributed by atoms with Crippen molar-refractivity contribution in [3.8, 4) is 0 Å². The summed E-state index contributed by atoms with van der Waals surface area (Å²) >= 11 is 6.05. The molecular formula is C12H20ClNO3. The molecular weight excluding hydrogens is 242 g/mol. The third-order valence-corrected chi connectivity index (χ3v) is 4.05. The van der Waals surface area contributed by atoms with Crippen LogP contribution in [0.1, 0.15) is 26.2 Å². The van der Waals surface area contributed by atoms with E-state index in [1.54, 1.807) is 0 Å². The number of ether oxygens (including phenoxy) is 1. The molecule has 5 heteroatoms. The predicted octanol–water partition coefficient (Wildman–Crippen LogP) is 1.99. The Kier molecular flexibility index (Phi) is 4.98. The summed E-state index contributed by atoms with van der Waals surface area (Å²) in [6.45, 7) is 6.51. The first-order valence-corrected chi connectivity index (χ1v) is 6.25. The van der Waals surface area contributed by atoms with Crippen LogP contribution in [0.5, 0.6) is 0 Å². The fourth-order valence-electron chi connectivity index (χ4n) is 2.30. The summed E-state index contributed by atoms with van der Waals surface area (Å²) < 4.78 is 5.09. The van der Waals surface area contributed by atoms with E-state index in [0.717, 1.165) is 12.0 Å². The van der Waals surface area contributed by atoms with Crippen LogP contribution in [0.15, 0.2) is 12.2 Å². The molecule has 0 saturated carbocycles. The van der Waals surface area contributed by atoms with Gasteiger partial charge in [0, 0.05) is 19.6 Å². The summed E-state index contributed by atoms with van der Waals surface area (Å²) in [5, 5.41) is 12.5. The van der Waals surface area contributed by atoms with E-state index in [0.29, 0.717) is 19.4 Å². The van der Waals surface area contributed by atoms with Crippen molar-refractivity contribution in [2.24, 2.45) is 5.92 Å². The Morgan fingerprint density at radius 2 is 2.41 bits per heavy atom. The third-order valence-electron chi connectivity index (χ3n) is 3.51. The van der Waals surface area contributed by atoms with E-state index in [-0.39, 0.29) is 5.92 Å². The molecule has 0 aromatic rings. The van der Waals surface area contributed by atoms with Crippen LogP contribution >= 0.6 is 11.6 Å². The quantitative estimate of drug-likeness (QED) is 0.567. The van der Waals surface area contributed by atoms with E-state index in [4.69, 9.17) is 16.3 Å². The van der Waals surface area contributed by atoms with Crippen molar-refractivity contribution in [1.29, 1.82) is 0 Å². The highest BCUT2D eigenvalue weighted by Gasteiger charge is 2.46. The van der Waals surface area contributed by atoms with Gasteiger partial charge in [-0.1, -0.05) is 25.1 Å². The standard InChI is InChI=1S/C12H20ClNO3/c1-4-9(10(13)17-3)7-12(11(15)16)8(2)5-6-14-12/h9-10,14H,2,4-7H2,1,3H3,(H,15,16)/t9-,10?,12?/m0/s1. The molecule has 98 valence electrons. The van der Waals surface area contributed by atoms with Crippen LogP contribution in [-0.2, 0) is 9.53 Å². The number of methoxy groups -OCH3 is 1. The molecule has 17 heavy (non-hydrogen) atoms. The summed E-state index contributed by atoms with van der Waals surface area (Å²) in [5.74, 6) is -0.890. The summed E-state index contributed by atoms with van der Waals surface area (Å²) in [6, 6.07) is 0. The molecule has 1 heterocycles. The molecule has 1 fully saturated rings. The first-order chi connectivity index (χ1) is 7.97.